The third-order valence-electron chi connectivity index (χ3n) is 14.0. The Morgan fingerprint density at radius 2 is 0.980 bits per heavy atom. The number of hydrogen-bond acceptors (Lipinski definition) is 4. The van der Waals surface area contributed by atoms with Gasteiger partial charge in [-0.3, -0.25) is 23.5 Å². The maximum atomic E-state index is 13.3. The molecule has 2 aromatic carbocycles. The number of rotatable bonds is 10. The van der Waals surface area contributed by atoms with E-state index in [1.54, 1.807) is 0 Å². The van der Waals surface area contributed by atoms with Gasteiger partial charge in [-0.1, -0.05) is 24.3 Å². The van der Waals surface area contributed by atoms with Gasteiger partial charge in [0.25, 0.3) is 5.56 Å². The molecule has 51 heavy (non-hydrogen) atoms. The van der Waals surface area contributed by atoms with Crippen molar-refractivity contribution in [2.24, 2.45) is 35.5 Å². The molecule has 0 radical (unpaired) electrons. The molecule has 1 aromatic heterocycles. The van der Waals surface area contributed by atoms with E-state index in [2.05, 4.69) is 50.8 Å². The summed E-state index contributed by atoms with van der Waals surface area (Å²) in [5.41, 5.74) is 3.88. The van der Waals surface area contributed by atoms with Crippen molar-refractivity contribution >= 4 is 39.1 Å². The molecule has 2 N–H and O–H groups in total. The molecule has 0 spiro atoms. The minimum atomic E-state index is -0.538. The van der Waals surface area contributed by atoms with E-state index in [-0.39, 0.29) is 42.2 Å². The van der Waals surface area contributed by atoms with Gasteiger partial charge in [-0.05, 0) is 175 Å². The number of nitrogens with one attached hydrogen (secondary N) is 2. The van der Waals surface area contributed by atoms with E-state index in [9.17, 15) is 19.2 Å². The van der Waals surface area contributed by atoms with Crippen LogP contribution in [0.1, 0.15) is 101 Å². The third-order valence-corrected chi connectivity index (χ3v) is 14.5. The molecule has 8 fully saturated rings. The van der Waals surface area contributed by atoms with Crippen LogP contribution in [-0.2, 0) is 33.5 Å². The zero-order valence-corrected chi connectivity index (χ0v) is 31.0. The summed E-state index contributed by atoms with van der Waals surface area (Å²) < 4.78 is 2.65. The molecule has 11 rings (SSSR count). The second-order valence-corrected chi connectivity index (χ2v) is 18.4. The van der Waals surface area contributed by atoms with E-state index in [4.69, 9.17) is 0 Å². The zero-order valence-electron chi connectivity index (χ0n) is 29.4. The van der Waals surface area contributed by atoms with E-state index in [0.29, 0.717) is 10.8 Å². The van der Waals surface area contributed by atoms with E-state index >= 15 is 0 Å². The number of carbonyl (C=O) groups excluding carboxylic acids is 2. The molecule has 2 amide bonds. The quantitative estimate of drug-likeness (QED) is 0.221. The van der Waals surface area contributed by atoms with Crippen LogP contribution in [0.2, 0.25) is 0 Å². The number of anilines is 2. The van der Waals surface area contributed by atoms with E-state index in [0.717, 1.165) is 51.4 Å². The van der Waals surface area contributed by atoms with Gasteiger partial charge >= 0.3 is 5.69 Å². The van der Waals surface area contributed by atoms with Crippen LogP contribution < -0.4 is 21.9 Å². The normalized spacial score (nSPS) is 32.6. The van der Waals surface area contributed by atoms with Crippen LogP contribution in [0.25, 0.3) is 0 Å². The first-order valence-corrected chi connectivity index (χ1v) is 20.2. The summed E-state index contributed by atoms with van der Waals surface area (Å²) in [6.45, 7) is 0.0494. The number of aromatic nitrogens is 2. The van der Waals surface area contributed by atoms with Crippen molar-refractivity contribution in [1.82, 2.24) is 9.13 Å². The molecule has 9 heteroatoms. The lowest BCUT2D eigenvalue weighted by atomic mass is 9.48. The molecule has 0 unspecified atom stereocenters. The van der Waals surface area contributed by atoms with E-state index in [1.807, 2.05) is 24.3 Å². The average molecular weight is 754 g/mol. The first-order chi connectivity index (χ1) is 24.6. The highest BCUT2D eigenvalue weighted by Crippen LogP contribution is 2.62. The van der Waals surface area contributed by atoms with Gasteiger partial charge in [-0.25, -0.2) is 4.79 Å². The predicted molar refractivity (Wildman–Crippen MR) is 202 cm³/mol. The lowest BCUT2D eigenvalue weighted by molar-refractivity contribution is -0.117. The summed E-state index contributed by atoms with van der Waals surface area (Å²) in [7, 11) is 0. The van der Waals surface area contributed by atoms with Crippen LogP contribution in [0.15, 0.2) is 68.8 Å². The highest BCUT2D eigenvalue weighted by molar-refractivity contribution is 9.10. The molecule has 1 heterocycles. The van der Waals surface area contributed by atoms with Crippen molar-refractivity contribution in [2.75, 3.05) is 10.6 Å². The summed E-state index contributed by atoms with van der Waals surface area (Å²) in [5.74, 6) is 4.79. The van der Waals surface area contributed by atoms with Gasteiger partial charge in [0.15, 0.2) is 0 Å². The summed E-state index contributed by atoms with van der Waals surface area (Å²) in [4.78, 5) is 52.1. The molecule has 8 aliphatic carbocycles. The number of benzene rings is 2. The number of amides is 2. The van der Waals surface area contributed by atoms with Crippen LogP contribution in [0.3, 0.4) is 0 Å². The highest BCUT2D eigenvalue weighted by atomic mass is 79.9. The van der Waals surface area contributed by atoms with E-state index < -0.39 is 11.2 Å². The Morgan fingerprint density at radius 1 is 0.608 bits per heavy atom. The van der Waals surface area contributed by atoms with Crippen molar-refractivity contribution < 1.29 is 9.59 Å². The number of halogens is 1. The number of nitrogens with zero attached hydrogens (tertiary/aromatic N) is 2. The monoisotopic (exact) mass is 752 g/mol. The Labute approximate surface area is 307 Å². The Morgan fingerprint density at radius 3 is 1.37 bits per heavy atom. The third kappa shape index (κ3) is 6.35. The Hall–Kier alpha value is -3.46. The minimum Gasteiger partial charge on any atom is -0.326 e. The first kappa shape index (κ1) is 33.4. The van der Waals surface area contributed by atoms with Crippen LogP contribution in [-0.4, -0.2) is 20.9 Å². The molecular formula is C42H49BrN4O4. The SMILES string of the molecule is O=C(CCn1cc(Br)c(=O)n(CCC(=O)Nc2ccc(C34CC5CC(CC(C5)C3)C4)cc2)c1=O)Nc1ccc(C23CC4CC(CC(C4)C2)C3)cc1. The Balaban J connectivity index is 0.790. The minimum absolute atomic E-state index is 0.0257. The fraction of sp³-hybridized carbons (Fsp3) is 0.571. The molecule has 0 aliphatic heterocycles. The lowest BCUT2D eigenvalue weighted by Crippen LogP contribution is -2.48. The second-order valence-electron chi connectivity index (χ2n) is 17.6. The lowest BCUT2D eigenvalue weighted by Gasteiger charge is -2.57. The Kier molecular flexibility index (Phi) is 8.44. The van der Waals surface area contributed by atoms with Crippen LogP contribution in [0.4, 0.5) is 11.4 Å². The molecule has 3 aromatic rings. The van der Waals surface area contributed by atoms with Gasteiger partial charge in [-0.2, -0.15) is 0 Å². The van der Waals surface area contributed by atoms with Crippen molar-refractivity contribution in [3.05, 3.63) is 91.2 Å². The second kappa shape index (κ2) is 12.9. The smallest absolute Gasteiger partial charge is 0.326 e. The van der Waals surface area contributed by atoms with Crippen molar-refractivity contribution in [3.63, 3.8) is 0 Å². The van der Waals surface area contributed by atoms with Gasteiger partial charge in [0, 0.05) is 43.5 Å². The maximum Gasteiger partial charge on any atom is 0.331 e. The van der Waals surface area contributed by atoms with Crippen molar-refractivity contribution in [2.45, 2.75) is 114 Å². The molecule has 0 saturated heterocycles. The summed E-state index contributed by atoms with van der Waals surface area (Å²) in [5, 5.41) is 5.94. The number of carbonyl (C=O) groups is 2. The van der Waals surface area contributed by atoms with Crippen LogP contribution in [0.5, 0.6) is 0 Å². The molecule has 0 atom stereocenters. The average Bonchev–Trinajstić information content (AvgIpc) is 3.09. The molecule has 8 nitrogen and oxygen atoms in total. The van der Waals surface area contributed by atoms with Crippen LogP contribution in [0, 0.1) is 35.5 Å². The first-order valence-electron chi connectivity index (χ1n) is 19.4. The fourth-order valence-corrected chi connectivity index (χ4v) is 13.1. The summed E-state index contributed by atoms with van der Waals surface area (Å²) >= 11 is 3.29. The standard InChI is InChI=1S/C42H49BrN4O4/c43-36-25-46(11-9-37(48)44-34-5-1-32(2-6-34)41-19-26-13-27(20-41)15-28(14-26)21-41)40(51)47(39(36)50)12-10-38(49)45-35-7-3-33(4-8-35)42-22-29-16-30(23-42)18-31(17-29)24-42/h1-8,25-31H,9-24H2,(H,44,48)(H,45,49). The Bertz CT molecular complexity index is 1890. The molecule has 8 bridgehead atoms. The topological polar surface area (TPSA) is 102 Å². The molecule has 268 valence electrons. The van der Waals surface area contributed by atoms with Crippen molar-refractivity contribution in [3.8, 4) is 0 Å². The largest absolute Gasteiger partial charge is 0.331 e. The fourth-order valence-electron chi connectivity index (χ4n) is 12.6. The number of aryl methyl sites for hydroxylation is 1. The van der Waals surface area contributed by atoms with Gasteiger partial charge in [0.1, 0.15) is 0 Å². The van der Waals surface area contributed by atoms with Gasteiger partial charge in [-0.15, -0.1) is 0 Å². The zero-order chi connectivity index (χ0) is 34.9. The van der Waals surface area contributed by atoms with Gasteiger partial charge < -0.3 is 10.6 Å². The van der Waals surface area contributed by atoms with Gasteiger partial charge in [0.2, 0.25) is 11.8 Å². The molecular weight excluding hydrogens is 704 g/mol. The summed E-state index contributed by atoms with van der Waals surface area (Å²) in [6.07, 6.45) is 17.7. The maximum absolute atomic E-state index is 13.3. The predicted octanol–water partition coefficient (Wildman–Crippen LogP) is 7.77. The molecule has 8 aliphatic rings. The van der Waals surface area contributed by atoms with Crippen molar-refractivity contribution in [1.29, 1.82) is 0 Å². The summed E-state index contributed by atoms with van der Waals surface area (Å²) in [6, 6.07) is 16.8. The van der Waals surface area contributed by atoms with Crippen LogP contribution >= 0.6 is 15.9 Å². The highest BCUT2D eigenvalue weighted by Gasteiger charge is 2.52. The number of hydrogen-bond donors (Lipinski definition) is 2. The van der Waals surface area contributed by atoms with Gasteiger partial charge in [0.05, 0.1) is 4.47 Å². The van der Waals surface area contributed by atoms with E-state index in [1.165, 1.54) is 98.9 Å². The molecule has 8 saturated carbocycles.